The number of hydrogen-bond acceptors (Lipinski definition) is 0. The van der Waals surface area contributed by atoms with Crippen molar-refractivity contribution in [2.75, 3.05) is 0 Å². The van der Waals surface area contributed by atoms with E-state index in [0.717, 1.165) is 0 Å². The van der Waals surface area contributed by atoms with Crippen molar-refractivity contribution in [1.82, 2.24) is 0 Å². The van der Waals surface area contributed by atoms with Crippen molar-refractivity contribution in [3.8, 4) is 55.6 Å². The summed E-state index contributed by atoms with van der Waals surface area (Å²) >= 11 is 0. The van der Waals surface area contributed by atoms with Crippen LogP contribution in [-0.2, 0) is 0 Å². The average Bonchev–Trinajstić information content (AvgIpc) is 3.08. The highest BCUT2D eigenvalue weighted by atomic mass is 14.3. The Labute approximate surface area is 289 Å². The lowest BCUT2D eigenvalue weighted by molar-refractivity contribution is 1.25. The molecule has 0 heterocycles. The van der Waals surface area contributed by atoms with Crippen molar-refractivity contribution in [3.63, 3.8) is 0 Å². The second kappa shape index (κ2) is 12.7. The fourth-order valence-corrected chi connectivity index (χ4v) is 7.51. The van der Waals surface area contributed by atoms with Crippen molar-refractivity contribution in [2.45, 2.75) is 83.1 Å². The molecule has 0 atom stereocenters. The second-order valence-corrected chi connectivity index (χ2v) is 14.2. The third-order valence-electron chi connectivity index (χ3n) is 11.7. The van der Waals surface area contributed by atoms with E-state index in [1.54, 1.807) is 0 Å². The summed E-state index contributed by atoms with van der Waals surface area (Å²) < 4.78 is 0. The smallest absolute Gasteiger partial charge is 0.00114 e. The van der Waals surface area contributed by atoms with Gasteiger partial charge in [0.1, 0.15) is 0 Å². The van der Waals surface area contributed by atoms with E-state index in [9.17, 15) is 0 Å². The Balaban J connectivity index is 1.97. The summed E-state index contributed by atoms with van der Waals surface area (Å²) in [6.45, 7) is 27.3. The molecule has 0 fully saturated rings. The van der Waals surface area contributed by atoms with E-state index in [4.69, 9.17) is 0 Å². The quantitative estimate of drug-likeness (QED) is 0.179. The van der Waals surface area contributed by atoms with E-state index in [1.165, 1.54) is 122 Å². The molecule has 0 saturated heterocycles. The molecule has 0 nitrogen and oxygen atoms in total. The van der Waals surface area contributed by atoms with Gasteiger partial charge in [0.25, 0.3) is 0 Å². The molecule has 0 aliphatic carbocycles. The first-order chi connectivity index (χ1) is 22.8. The van der Waals surface area contributed by atoms with Gasteiger partial charge in [-0.2, -0.15) is 0 Å². The summed E-state index contributed by atoms with van der Waals surface area (Å²) in [5.41, 5.74) is 29.1. The fourth-order valence-electron chi connectivity index (χ4n) is 7.51. The molecule has 0 unspecified atom stereocenters. The highest BCUT2D eigenvalue weighted by Gasteiger charge is 2.27. The van der Waals surface area contributed by atoms with E-state index < -0.39 is 0 Å². The third kappa shape index (κ3) is 5.42. The number of hydrogen-bond donors (Lipinski definition) is 0. The molecule has 48 heavy (non-hydrogen) atoms. The molecule has 0 radical (unpaired) electrons. The summed E-state index contributed by atoms with van der Waals surface area (Å²) in [4.78, 5) is 0. The first-order valence-corrected chi connectivity index (χ1v) is 17.4. The first kappa shape index (κ1) is 33.2. The van der Waals surface area contributed by atoms with E-state index >= 15 is 0 Å². The summed E-state index contributed by atoms with van der Waals surface area (Å²) in [5.74, 6) is 0. The van der Waals surface area contributed by atoms with Gasteiger partial charge >= 0.3 is 0 Å². The number of rotatable bonds is 5. The minimum atomic E-state index is 1.24. The summed E-state index contributed by atoms with van der Waals surface area (Å²) in [5, 5.41) is 0. The normalized spacial score (nSPS) is 11.3. The number of aryl methyl sites for hydroxylation is 4. The van der Waals surface area contributed by atoms with Gasteiger partial charge in [0.05, 0.1) is 0 Å². The van der Waals surface area contributed by atoms with Crippen LogP contribution in [0.25, 0.3) is 55.6 Å². The van der Waals surface area contributed by atoms with Gasteiger partial charge in [0, 0.05) is 0 Å². The fraction of sp³-hybridized carbons (Fsp3) is 0.250. The Morgan fingerprint density at radius 3 is 1.00 bits per heavy atom. The van der Waals surface area contributed by atoms with Crippen LogP contribution in [0.3, 0.4) is 0 Å². The van der Waals surface area contributed by atoms with Gasteiger partial charge in [-0.15, -0.1) is 0 Å². The molecule has 6 aromatic carbocycles. The van der Waals surface area contributed by atoms with Crippen molar-refractivity contribution in [2.24, 2.45) is 0 Å². The molecule has 0 bridgehead atoms. The molecule has 0 heteroatoms. The van der Waals surface area contributed by atoms with Crippen LogP contribution >= 0.6 is 0 Å². The summed E-state index contributed by atoms with van der Waals surface area (Å²) in [6, 6.07) is 32.4. The number of benzene rings is 6. The highest BCUT2D eigenvalue weighted by molar-refractivity contribution is 6.09. The predicted octanol–water partition coefficient (Wildman–Crippen LogP) is 13.7. The lowest BCUT2D eigenvalue weighted by Crippen LogP contribution is -2.04. The zero-order valence-corrected chi connectivity index (χ0v) is 31.1. The van der Waals surface area contributed by atoms with Gasteiger partial charge in [0.2, 0.25) is 0 Å². The SMILES string of the molecule is Cc1ccc(-c2cc(-c3ccc(C)c(C)c3C)c(-c3ccc(C)c(C)c3C)c(-c3ccc(C)c(C)c3C)c2-c2ccccc2)c(C)c1C. The molecule has 6 rings (SSSR count). The van der Waals surface area contributed by atoms with E-state index in [0.29, 0.717) is 0 Å². The zero-order chi connectivity index (χ0) is 34.6. The van der Waals surface area contributed by atoms with Crippen LogP contribution < -0.4 is 0 Å². The van der Waals surface area contributed by atoms with Crippen LogP contribution in [0.15, 0.2) is 84.9 Å². The maximum Gasteiger partial charge on any atom is -0.00114 e. The van der Waals surface area contributed by atoms with Gasteiger partial charge < -0.3 is 0 Å². The molecule has 0 aliphatic heterocycles. The lowest BCUT2D eigenvalue weighted by Gasteiger charge is -2.28. The van der Waals surface area contributed by atoms with Crippen molar-refractivity contribution in [3.05, 3.63) is 152 Å². The molecule has 0 amide bonds. The Morgan fingerprint density at radius 1 is 0.250 bits per heavy atom. The third-order valence-corrected chi connectivity index (χ3v) is 11.7. The van der Waals surface area contributed by atoms with Crippen molar-refractivity contribution < 1.29 is 0 Å². The molecular formula is C48H50. The highest BCUT2D eigenvalue weighted by Crippen LogP contribution is 2.53. The monoisotopic (exact) mass is 626 g/mol. The first-order valence-electron chi connectivity index (χ1n) is 17.4. The Bertz CT molecular complexity index is 2220. The predicted molar refractivity (Wildman–Crippen MR) is 210 cm³/mol. The lowest BCUT2D eigenvalue weighted by atomic mass is 9.75. The Hall–Kier alpha value is -4.68. The van der Waals surface area contributed by atoms with Gasteiger partial charge in [-0.05, 0) is 212 Å². The largest absolute Gasteiger partial charge is 0.0622 e. The van der Waals surface area contributed by atoms with Crippen LogP contribution in [0.1, 0.15) is 66.8 Å². The maximum absolute atomic E-state index is 2.53. The molecule has 0 spiro atoms. The molecular weight excluding hydrogens is 577 g/mol. The van der Waals surface area contributed by atoms with Crippen LogP contribution in [0.5, 0.6) is 0 Å². The minimum absolute atomic E-state index is 1.24. The molecule has 0 aliphatic rings. The van der Waals surface area contributed by atoms with Gasteiger partial charge in [-0.1, -0.05) is 78.9 Å². The molecule has 0 aromatic heterocycles. The molecule has 0 saturated carbocycles. The van der Waals surface area contributed by atoms with Crippen LogP contribution in [0.4, 0.5) is 0 Å². The Kier molecular flexibility index (Phi) is 8.82. The zero-order valence-electron chi connectivity index (χ0n) is 31.1. The summed E-state index contributed by atoms with van der Waals surface area (Å²) in [7, 11) is 0. The van der Waals surface area contributed by atoms with Gasteiger partial charge in [-0.3, -0.25) is 0 Å². The Morgan fingerprint density at radius 2 is 0.583 bits per heavy atom. The van der Waals surface area contributed by atoms with E-state index in [1.807, 2.05) is 0 Å². The molecule has 6 aromatic rings. The van der Waals surface area contributed by atoms with Crippen molar-refractivity contribution in [1.29, 1.82) is 0 Å². The van der Waals surface area contributed by atoms with E-state index in [2.05, 4.69) is 168 Å². The van der Waals surface area contributed by atoms with E-state index in [-0.39, 0.29) is 0 Å². The standard InChI is InChI=1S/C48H50/c1-27-18-22-40(35(9)31(27)5)44-26-45(41-23-19-28(2)32(6)36(41)10)47(42-24-20-29(3)33(7)37(42)11)48(46(44)39-16-14-13-15-17-39)43-25-21-30(4)34(8)38(43)12/h13-26H,1-12H3. The average molecular weight is 627 g/mol. The van der Waals surface area contributed by atoms with Crippen LogP contribution in [-0.4, -0.2) is 0 Å². The maximum atomic E-state index is 2.53. The van der Waals surface area contributed by atoms with Crippen LogP contribution in [0, 0.1) is 83.1 Å². The second-order valence-electron chi connectivity index (χ2n) is 14.2. The topological polar surface area (TPSA) is 0 Å². The summed E-state index contributed by atoms with van der Waals surface area (Å²) in [6.07, 6.45) is 0. The van der Waals surface area contributed by atoms with Crippen LogP contribution in [0.2, 0.25) is 0 Å². The molecule has 242 valence electrons. The van der Waals surface area contributed by atoms with Gasteiger partial charge in [0.15, 0.2) is 0 Å². The van der Waals surface area contributed by atoms with Crippen molar-refractivity contribution >= 4 is 0 Å². The molecule has 0 N–H and O–H groups in total. The van der Waals surface area contributed by atoms with Gasteiger partial charge in [-0.25, -0.2) is 0 Å². The minimum Gasteiger partial charge on any atom is -0.0622 e.